The van der Waals surface area contributed by atoms with Crippen LogP contribution >= 0.6 is 0 Å². The van der Waals surface area contributed by atoms with Gasteiger partial charge in [0.15, 0.2) is 6.61 Å². The minimum atomic E-state index is -0.182. The molecule has 1 heterocycles. The van der Waals surface area contributed by atoms with Gasteiger partial charge in [0.05, 0.1) is 6.04 Å². The van der Waals surface area contributed by atoms with E-state index in [1.807, 2.05) is 61.5 Å². The average molecular weight is 387 g/mol. The second kappa shape index (κ2) is 8.52. The molecular weight excluding hydrogens is 366 g/mol. The Balaban J connectivity index is 1.35. The van der Waals surface area contributed by atoms with Crippen molar-refractivity contribution in [3.63, 3.8) is 0 Å². The summed E-state index contributed by atoms with van der Waals surface area (Å²) < 4.78 is 5.59. The zero-order valence-corrected chi connectivity index (χ0v) is 16.0. The highest BCUT2D eigenvalue weighted by molar-refractivity contribution is 5.86. The van der Waals surface area contributed by atoms with E-state index >= 15 is 0 Å². The Morgan fingerprint density at radius 3 is 2.66 bits per heavy atom. The number of hydrogen-bond acceptors (Lipinski definition) is 5. The third-order valence-corrected chi connectivity index (χ3v) is 4.56. The van der Waals surface area contributed by atoms with Crippen molar-refractivity contribution in [3.8, 4) is 5.75 Å². The van der Waals surface area contributed by atoms with Gasteiger partial charge in [-0.3, -0.25) is 4.79 Å². The van der Waals surface area contributed by atoms with Crippen molar-refractivity contribution < 1.29 is 9.53 Å². The lowest BCUT2D eigenvalue weighted by atomic mass is 10.00. The molecule has 0 aliphatic heterocycles. The molecule has 0 aliphatic carbocycles. The van der Waals surface area contributed by atoms with Crippen molar-refractivity contribution in [2.45, 2.75) is 26.1 Å². The number of carbonyl (C=O) groups is 1. The van der Waals surface area contributed by atoms with Crippen LogP contribution in [0, 0.1) is 0 Å². The molecule has 0 fully saturated rings. The summed E-state index contributed by atoms with van der Waals surface area (Å²) in [6, 6.07) is 23.5. The molecule has 7 nitrogen and oxygen atoms in total. The van der Waals surface area contributed by atoms with Crippen LogP contribution in [0.15, 0.2) is 72.8 Å². The van der Waals surface area contributed by atoms with Crippen LogP contribution in [-0.4, -0.2) is 26.1 Å². The first-order chi connectivity index (χ1) is 14.2. The summed E-state index contributed by atoms with van der Waals surface area (Å²) >= 11 is 0. The summed E-state index contributed by atoms with van der Waals surface area (Å²) in [5.74, 6) is 0.965. The third-order valence-electron chi connectivity index (χ3n) is 4.56. The number of aromatic nitrogens is 4. The summed E-state index contributed by atoms with van der Waals surface area (Å²) in [5, 5.41) is 17.4. The summed E-state index contributed by atoms with van der Waals surface area (Å²) in [5.41, 5.74) is 1.07. The standard InChI is InChI=1S/C22H21N5O2/c1-16(19-13-7-9-17-8-5-6-12-20(17)19)23-22(28)14-27-25-21(24-26-27)15-29-18-10-3-2-4-11-18/h2-13,16H,14-15H2,1H3,(H,23,28). The third kappa shape index (κ3) is 4.57. The van der Waals surface area contributed by atoms with Crippen LogP contribution in [0.25, 0.3) is 10.8 Å². The van der Waals surface area contributed by atoms with Crippen LogP contribution in [0.5, 0.6) is 5.75 Å². The number of ether oxygens (including phenoxy) is 1. The van der Waals surface area contributed by atoms with E-state index in [-0.39, 0.29) is 25.1 Å². The molecule has 3 aromatic carbocycles. The van der Waals surface area contributed by atoms with Crippen molar-refractivity contribution in [1.82, 2.24) is 25.5 Å². The Labute approximate surface area is 168 Å². The summed E-state index contributed by atoms with van der Waals surface area (Å²) in [4.78, 5) is 13.7. The molecule has 0 aliphatic rings. The Morgan fingerprint density at radius 1 is 1.03 bits per heavy atom. The second-order valence-electron chi connectivity index (χ2n) is 6.70. The molecule has 0 saturated carbocycles. The predicted octanol–water partition coefficient (Wildman–Crippen LogP) is 3.28. The Hall–Kier alpha value is -3.74. The Kier molecular flexibility index (Phi) is 5.47. The Morgan fingerprint density at radius 2 is 1.79 bits per heavy atom. The van der Waals surface area contributed by atoms with Crippen molar-refractivity contribution in [1.29, 1.82) is 0 Å². The number of fused-ring (bicyclic) bond motifs is 1. The maximum absolute atomic E-state index is 12.4. The number of amides is 1. The first-order valence-electron chi connectivity index (χ1n) is 9.40. The molecular formula is C22H21N5O2. The predicted molar refractivity (Wildman–Crippen MR) is 109 cm³/mol. The van der Waals surface area contributed by atoms with Gasteiger partial charge in [-0.1, -0.05) is 60.7 Å². The topological polar surface area (TPSA) is 81.9 Å². The molecule has 0 bridgehead atoms. The molecule has 1 aromatic heterocycles. The van der Waals surface area contributed by atoms with E-state index in [2.05, 4.69) is 38.9 Å². The molecule has 7 heteroatoms. The highest BCUT2D eigenvalue weighted by Crippen LogP contribution is 2.23. The van der Waals surface area contributed by atoms with Gasteiger partial charge in [-0.05, 0) is 40.6 Å². The maximum Gasteiger partial charge on any atom is 0.244 e. The van der Waals surface area contributed by atoms with E-state index in [1.54, 1.807) is 0 Å². The highest BCUT2D eigenvalue weighted by Gasteiger charge is 2.14. The van der Waals surface area contributed by atoms with E-state index in [4.69, 9.17) is 4.74 Å². The molecule has 0 spiro atoms. The van der Waals surface area contributed by atoms with Crippen LogP contribution in [0.3, 0.4) is 0 Å². The number of hydrogen-bond donors (Lipinski definition) is 1. The number of carbonyl (C=O) groups excluding carboxylic acids is 1. The second-order valence-corrected chi connectivity index (χ2v) is 6.70. The molecule has 1 atom stereocenters. The van der Waals surface area contributed by atoms with Crippen molar-refractivity contribution in [2.75, 3.05) is 0 Å². The van der Waals surface area contributed by atoms with E-state index in [0.717, 1.165) is 22.1 Å². The van der Waals surface area contributed by atoms with Crippen molar-refractivity contribution >= 4 is 16.7 Å². The molecule has 1 amide bonds. The first-order valence-corrected chi connectivity index (χ1v) is 9.40. The molecule has 0 saturated heterocycles. The number of rotatable bonds is 7. The SMILES string of the molecule is CC(NC(=O)Cn1nnc(COc2ccccc2)n1)c1cccc2ccccc12. The quantitative estimate of drug-likeness (QED) is 0.526. The fourth-order valence-electron chi connectivity index (χ4n) is 3.19. The average Bonchev–Trinajstić information content (AvgIpc) is 3.19. The zero-order chi connectivity index (χ0) is 20.1. The smallest absolute Gasteiger partial charge is 0.244 e. The minimum absolute atomic E-state index is 0.00650. The van der Waals surface area contributed by atoms with Crippen LogP contribution in [0.4, 0.5) is 0 Å². The van der Waals surface area contributed by atoms with Crippen molar-refractivity contribution in [3.05, 3.63) is 84.2 Å². The molecule has 4 aromatic rings. The van der Waals surface area contributed by atoms with Gasteiger partial charge in [0.25, 0.3) is 0 Å². The highest BCUT2D eigenvalue weighted by atomic mass is 16.5. The van der Waals surface area contributed by atoms with E-state index < -0.39 is 0 Å². The van der Waals surface area contributed by atoms with Gasteiger partial charge in [-0.2, -0.15) is 4.80 Å². The maximum atomic E-state index is 12.4. The largest absolute Gasteiger partial charge is 0.485 e. The van der Waals surface area contributed by atoms with Crippen LogP contribution < -0.4 is 10.1 Å². The van der Waals surface area contributed by atoms with Gasteiger partial charge in [0.2, 0.25) is 11.7 Å². The number of para-hydroxylation sites is 1. The molecule has 29 heavy (non-hydrogen) atoms. The van der Waals surface area contributed by atoms with Gasteiger partial charge in [-0.15, -0.1) is 10.2 Å². The number of tetrazole rings is 1. The Bertz CT molecular complexity index is 1110. The van der Waals surface area contributed by atoms with E-state index in [1.165, 1.54) is 4.80 Å². The van der Waals surface area contributed by atoms with Gasteiger partial charge in [-0.25, -0.2) is 0 Å². The lowest BCUT2D eigenvalue weighted by Crippen LogP contribution is -2.31. The van der Waals surface area contributed by atoms with Gasteiger partial charge >= 0.3 is 0 Å². The molecule has 1 N–H and O–H groups in total. The summed E-state index contributed by atoms with van der Waals surface area (Å²) in [7, 11) is 0. The number of benzene rings is 3. The van der Waals surface area contributed by atoms with Crippen molar-refractivity contribution in [2.24, 2.45) is 0 Å². The number of nitrogens with zero attached hydrogens (tertiary/aromatic N) is 4. The minimum Gasteiger partial charge on any atom is -0.485 e. The van der Waals surface area contributed by atoms with Crippen LogP contribution in [-0.2, 0) is 17.9 Å². The zero-order valence-electron chi connectivity index (χ0n) is 16.0. The van der Waals surface area contributed by atoms with Gasteiger partial charge < -0.3 is 10.1 Å². The monoisotopic (exact) mass is 387 g/mol. The molecule has 4 rings (SSSR count). The van der Waals surface area contributed by atoms with Crippen LogP contribution in [0.2, 0.25) is 0 Å². The fraction of sp³-hybridized carbons (Fsp3) is 0.182. The van der Waals surface area contributed by atoms with E-state index in [0.29, 0.717) is 5.82 Å². The van der Waals surface area contributed by atoms with Crippen LogP contribution in [0.1, 0.15) is 24.4 Å². The first kappa shape index (κ1) is 18.6. The lowest BCUT2D eigenvalue weighted by Gasteiger charge is -2.16. The van der Waals surface area contributed by atoms with E-state index in [9.17, 15) is 4.79 Å². The normalized spacial score (nSPS) is 11.9. The summed E-state index contributed by atoms with van der Waals surface area (Å²) in [6.07, 6.45) is 0. The molecule has 0 radical (unpaired) electrons. The van der Waals surface area contributed by atoms with Gasteiger partial charge in [0.1, 0.15) is 12.3 Å². The fourth-order valence-corrected chi connectivity index (χ4v) is 3.19. The van der Waals surface area contributed by atoms with Gasteiger partial charge in [0, 0.05) is 0 Å². The lowest BCUT2D eigenvalue weighted by molar-refractivity contribution is -0.122. The summed E-state index contributed by atoms with van der Waals surface area (Å²) in [6.45, 7) is 2.15. The molecule has 146 valence electrons. The number of nitrogens with one attached hydrogen (secondary N) is 1. The molecule has 1 unspecified atom stereocenters.